The summed E-state index contributed by atoms with van der Waals surface area (Å²) in [7, 11) is 0. The van der Waals surface area contributed by atoms with E-state index in [-0.39, 0.29) is 12.0 Å². The summed E-state index contributed by atoms with van der Waals surface area (Å²) in [5.41, 5.74) is 0. The van der Waals surface area contributed by atoms with Gasteiger partial charge in [-0.3, -0.25) is 10.1 Å². The molecular formula is C11H19NO3. The molecule has 0 aromatic rings. The molecule has 0 bridgehead atoms. The third-order valence-electron chi connectivity index (χ3n) is 3.17. The highest BCUT2D eigenvalue weighted by molar-refractivity contribution is 5.76. The second-order valence-electron chi connectivity index (χ2n) is 4.21. The van der Waals surface area contributed by atoms with E-state index in [2.05, 4.69) is 5.32 Å². The fourth-order valence-electron chi connectivity index (χ4n) is 2.41. The molecule has 0 amide bonds. The minimum atomic E-state index is -0.113. The monoisotopic (exact) mass is 213 g/mol. The van der Waals surface area contributed by atoms with Gasteiger partial charge in [-0.1, -0.05) is 0 Å². The zero-order valence-electron chi connectivity index (χ0n) is 9.20. The average molecular weight is 213 g/mol. The van der Waals surface area contributed by atoms with Crippen molar-refractivity contribution in [2.45, 2.75) is 50.8 Å². The van der Waals surface area contributed by atoms with Crippen LogP contribution in [0.15, 0.2) is 0 Å². The smallest absolute Gasteiger partial charge is 0.323 e. The first kappa shape index (κ1) is 10.9. The molecule has 2 saturated heterocycles. The number of nitrogens with one attached hydrogen (secondary N) is 1. The van der Waals surface area contributed by atoms with Gasteiger partial charge in [0.2, 0.25) is 0 Å². The second kappa shape index (κ2) is 4.94. The molecule has 2 rings (SSSR count). The van der Waals surface area contributed by atoms with E-state index in [1.807, 2.05) is 6.92 Å². The molecule has 4 nitrogen and oxygen atoms in total. The maximum absolute atomic E-state index is 11.5. The van der Waals surface area contributed by atoms with Crippen molar-refractivity contribution in [2.24, 2.45) is 0 Å². The first-order valence-electron chi connectivity index (χ1n) is 5.85. The van der Waals surface area contributed by atoms with Gasteiger partial charge in [-0.15, -0.1) is 0 Å². The molecule has 2 aliphatic rings. The fraction of sp³-hybridized carbons (Fsp3) is 0.909. The summed E-state index contributed by atoms with van der Waals surface area (Å²) in [5.74, 6) is -0.113. The number of carbonyl (C=O) groups is 1. The molecule has 2 fully saturated rings. The molecule has 15 heavy (non-hydrogen) atoms. The standard InChI is InChI=1S/C11H19NO3/c1-2-14-11(13)9-6-5-8(12-9)10-4-3-7-15-10/h8-10,12H,2-7H2,1H3/t8-,9+,10?/m1/s1. The molecule has 0 aromatic heterocycles. The van der Waals surface area contributed by atoms with Crippen LogP contribution in [-0.4, -0.2) is 37.4 Å². The van der Waals surface area contributed by atoms with Crippen molar-refractivity contribution < 1.29 is 14.3 Å². The molecule has 0 radical (unpaired) electrons. The summed E-state index contributed by atoms with van der Waals surface area (Å²) in [6.07, 6.45) is 4.47. The Hall–Kier alpha value is -0.610. The van der Waals surface area contributed by atoms with Crippen LogP contribution in [0.5, 0.6) is 0 Å². The van der Waals surface area contributed by atoms with Crippen LogP contribution in [-0.2, 0) is 14.3 Å². The van der Waals surface area contributed by atoms with Gasteiger partial charge >= 0.3 is 5.97 Å². The lowest BCUT2D eigenvalue weighted by molar-refractivity contribution is -0.145. The Labute approximate surface area is 90.3 Å². The van der Waals surface area contributed by atoms with Crippen LogP contribution in [0.25, 0.3) is 0 Å². The molecule has 86 valence electrons. The third kappa shape index (κ3) is 2.49. The van der Waals surface area contributed by atoms with E-state index >= 15 is 0 Å². The zero-order valence-corrected chi connectivity index (χ0v) is 9.20. The minimum Gasteiger partial charge on any atom is -0.465 e. The lowest BCUT2D eigenvalue weighted by Crippen LogP contribution is -2.42. The van der Waals surface area contributed by atoms with Crippen LogP contribution in [0.3, 0.4) is 0 Å². The fourth-order valence-corrected chi connectivity index (χ4v) is 2.41. The lowest BCUT2D eigenvalue weighted by Gasteiger charge is -2.19. The van der Waals surface area contributed by atoms with Crippen LogP contribution in [0.2, 0.25) is 0 Å². The van der Waals surface area contributed by atoms with Gasteiger partial charge in [0.1, 0.15) is 6.04 Å². The van der Waals surface area contributed by atoms with E-state index in [1.165, 1.54) is 0 Å². The Morgan fingerprint density at radius 3 is 3.00 bits per heavy atom. The molecule has 1 unspecified atom stereocenters. The van der Waals surface area contributed by atoms with Gasteiger partial charge in [0.25, 0.3) is 0 Å². The second-order valence-corrected chi connectivity index (χ2v) is 4.21. The van der Waals surface area contributed by atoms with Crippen molar-refractivity contribution in [3.8, 4) is 0 Å². The zero-order chi connectivity index (χ0) is 10.7. The van der Waals surface area contributed by atoms with Gasteiger partial charge in [0, 0.05) is 12.6 Å². The number of esters is 1. The van der Waals surface area contributed by atoms with E-state index in [0.717, 1.165) is 32.3 Å². The van der Waals surface area contributed by atoms with Gasteiger partial charge in [-0.2, -0.15) is 0 Å². The molecule has 4 heteroatoms. The molecule has 2 heterocycles. The van der Waals surface area contributed by atoms with Crippen LogP contribution in [0.1, 0.15) is 32.6 Å². The number of hydrogen-bond donors (Lipinski definition) is 1. The summed E-state index contributed by atoms with van der Waals surface area (Å²) in [6.45, 7) is 3.17. The Morgan fingerprint density at radius 1 is 1.47 bits per heavy atom. The van der Waals surface area contributed by atoms with Crippen molar-refractivity contribution in [3.05, 3.63) is 0 Å². The highest BCUT2D eigenvalue weighted by Crippen LogP contribution is 2.24. The van der Waals surface area contributed by atoms with Gasteiger partial charge < -0.3 is 9.47 Å². The number of carbonyl (C=O) groups excluding carboxylic acids is 1. The van der Waals surface area contributed by atoms with Gasteiger partial charge in [-0.05, 0) is 32.6 Å². The van der Waals surface area contributed by atoms with Gasteiger partial charge in [0.15, 0.2) is 0 Å². The normalized spacial score (nSPS) is 35.7. The van der Waals surface area contributed by atoms with Crippen LogP contribution in [0.4, 0.5) is 0 Å². The van der Waals surface area contributed by atoms with E-state index in [9.17, 15) is 4.79 Å². The maximum Gasteiger partial charge on any atom is 0.323 e. The Bertz CT molecular complexity index is 226. The molecule has 0 aromatic carbocycles. The van der Waals surface area contributed by atoms with Crippen LogP contribution < -0.4 is 5.32 Å². The number of hydrogen-bond acceptors (Lipinski definition) is 4. The van der Waals surface area contributed by atoms with Gasteiger partial charge in [0.05, 0.1) is 12.7 Å². The van der Waals surface area contributed by atoms with Gasteiger partial charge in [-0.25, -0.2) is 0 Å². The van der Waals surface area contributed by atoms with E-state index in [0.29, 0.717) is 18.8 Å². The number of ether oxygens (including phenoxy) is 2. The molecule has 0 saturated carbocycles. The average Bonchev–Trinajstić information content (AvgIpc) is 2.89. The molecule has 2 aliphatic heterocycles. The summed E-state index contributed by atoms with van der Waals surface area (Å²) >= 11 is 0. The van der Waals surface area contributed by atoms with Crippen molar-refractivity contribution in [3.63, 3.8) is 0 Å². The molecule has 0 spiro atoms. The number of rotatable bonds is 3. The summed E-state index contributed by atoms with van der Waals surface area (Å²) in [4.78, 5) is 11.5. The Balaban J connectivity index is 1.80. The quantitative estimate of drug-likeness (QED) is 0.706. The van der Waals surface area contributed by atoms with E-state index in [1.54, 1.807) is 0 Å². The van der Waals surface area contributed by atoms with E-state index < -0.39 is 0 Å². The highest BCUT2D eigenvalue weighted by atomic mass is 16.5. The van der Waals surface area contributed by atoms with Crippen molar-refractivity contribution in [1.29, 1.82) is 0 Å². The molecular weight excluding hydrogens is 194 g/mol. The predicted molar refractivity (Wildman–Crippen MR) is 55.6 cm³/mol. The minimum absolute atomic E-state index is 0.112. The maximum atomic E-state index is 11.5. The van der Waals surface area contributed by atoms with Crippen LogP contribution >= 0.6 is 0 Å². The largest absolute Gasteiger partial charge is 0.465 e. The predicted octanol–water partition coefficient (Wildman–Crippen LogP) is 0.849. The molecule has 3 atom stereocenters. The van der Waals surface area contributed by atoms with Crippen molar-refractivity contribution >= 4 is 5.97 Å². The van der Waals surface area contributed by atoms with E-state index in [4.69, 9.17) is 9.47 Å². The van der Waals surface area contributed by atoms with Crippen molar-refractivity contribution in [2.75, 3.05) is 13.2 Å². The summed E-state index contributed by atoms with van der Waals surface area (Å²) in [6, 6.07) is 0.237. The molecule has 1 N–H and O–H groups in total. The van der Waals surface area contributed by atoms with Crippen LogP contribution in [0, 0.1) is 0 Å². The third-order valence-corrected chi connectivity index (χ3v) is 3.17. The lowest BCUT2D eigenvalue weighted by atomic mass is 10.1. The highest BCUT2D eigenvalue weighted by Gasteiger charge is 2.36. The van der Waals surface area contributed by atoms with Crippen molar-refractivity contribution in [1.82, 2.24) is 5.32 Å². The Morgan fingerprint density at radius 2 is 2.33 bits per heavy atom. The Kier molecular flexibility index (Phi) is 3.59. The summed E-state index contributed by atoms with van der Waals surface area (Å²) in [5, 5.41) is 3.32. The topological polar surface area (TPSA) is 47.6 Å². The first-order chi connectivity index (χ1) is 7.31. The first-order valence-corrected chi connectivity index (χ1v) is 5.85. The summed E-state index contributed by atoms with van der Waals surface area (Å²) < 4.78 is 10.6. The SMILES string of the molecule is CCOC(=O)[C@@H]1CC[C@H](C2CCCO2)N1. The molecule has 0 aliphatic carbocycles.